The van der Waals surface area contributed by atoms with Crippen LogP contribution in [0.2, 0.25) is 10.0 Å². The molecule has 0 spiro atoms. The van der Waals surface area contributed by atoms with Gasteiger partial charge in [0.2, 0.25) is 0 Å². The summed E-state index contributed by atoms with van der Waals surface area (Å²) in [4.78, 5) is 0. The normalized spacial score (nSPS) is 26.8. The molecule has 1 aromatic carbocycles. The molecule has 76 valence electrons. The summed E-state index contributed by atoms with van der Waals surface area (Å²) < 4.78 is 5.16. The van der Waals surface area contributed by atoms with E-state index < -0.39 is 5.60 Å². The van der Waals surface area contributed by atoms with Gasteiger partial charge in [-0.05, 0) is 6.07 Å². The molecule has 14 heavy (non-hydrogen) atoms. The van der Waals surface area contributed by atoms with Crippen LogP contribution in [0.4, 0.5) is 0 Å². The fourth-order valence-corrected chi connectivity index (χ4v) is 2.11. The van der Waals surface area contributed by atoms with Gasteiger partial charge in [-0.1, -0.05) is 35.3 Å². The van der Waals surface area contributed by atoms with Gasteiger partial charge in [0, 0.05) is 18.6 Å². The van der Waals surface area contributed by atoms with Crippen molar-refractivity contribution in [1.82, 2.24) is 0 Å². The van der Waals surface area contributed by atoms with E-state index in [9.17, 15) is 5.11 Å². The van der Waals surface area contributed by atoms with Gasteiger partial charge in [-0.25, -0.2) is 0 Å². The molecule has 1 saturated heterocycles. The highest BCUT2D eigenvalue weighted by molar-refractivity contribution is 6.42. The third-order valence-electron chi connectivity index (χ3n) is 2.45. The second-order valence-electron chi connectivity index (χ2n) is 3.44. The van der Waals surface area contributed by atoms with Crippen molar-refractivity contribution in [2.45, 2.75) is 12.0 Å². The van der Waals surface area contributed by atoms with Gasteiger partial charge in [-0.15, -0.1) is 0 Å². The number of hydrogen-bond donors (Lipinski definition) is 1. The van der Waals surface area contributed by atoms with Gasteiger partial charge in [0.05, 0.1) is 16.7 Å². The van der Waals surface area contributed by atoms with Crippen LogP contribution in [0.1, 0.15) is 12.0 Å². The average molecular weight is 233 g/mol. The highest BCUT2D eigenvalue weighted by Gasteiger charge is 2.36. The molecule has 0 amide bonds. The summed E-state index contributed by atoms with van der Waals surface area (Å²) in [6, 6.07) is 5.26. The van der Waals surface area contributed by atoms with Crippen molar-refractivity contribution < 1.29 is 9.84 Å². The molecule has 0 radical (unpaired) electrons. The largest absolute Gasteiger partial charge is 0.383 e. The minimum atomic E-state index is -0.970. The zero-order valence-electron chi connectivity index (χ0n) is 7.46. The maximum atomic E-state index is 10.2. The standard InChI is InChI=1S/C10H10Cl2O2/c11-8-3-1-2-7(9(8)12)10(13)4-5-14-6-10/h1-3,13H,4-6H2. The number of rotatable bonds is 1. The van der Waals surface area contributed by atoms with Gasteiger partial charge in [-0.3, -0.25) is 0 Å². The predicted molar refractivity (Wildman–Crippen MR) is 55.8 cm³/mol. The number of halogens is 2. The van der Waals surface area contributed by atoms with E-state index in [4.69, 9.17) is 27.9 Å². The molecule has 1 fully saturated rings. The minimum absolute atomic E-state index is 0.285. The number of aliphatic hydroxyl groups is 1. The lowest BCUT2D eigenvalue weighted by molar-refractivity contribution is 0.0233. The predicted octanol–water partition coefficient (Wildman–Crippen LogP) is 2.60. The summed E-state index contributed by atoms with van der Waals surface area (Å²) in [5, 5.41) is 11.1. The molecule has 0 aromatic heterocycles. The molecule has 0 aliphatic carbocycles. The van der Waals surface area contributed by atoms with E-state index in [1.807, 2.05) is 0 Å². The Morgan fingerprint density at radius 1 is 1.36 bits per heavy atom. The van der Waals surface area contributed by atoms with E-state index in [1.165, 1.54) is 0 Å². The Hall–Kier alpha value is -0.280. The van der Waals surface area contributed by atoms with Crippen LogP contribution < -0.4 is 0 Å². The third-order valence-corrected chi connectivity index (χ3v) is 3.27. The smallest absolute Gasteiger partial charge is 0.117 e. The molecule has 0 saturated carbocycles. The molecule has 1 aromatic rings. The van der Waals surface area contributed by atoms with Crippen LogP contribution in [0, 0.1) is 0 Å². The summed E-state index contributed by atoms with van der Waals surface area (Å²) in [5.74, 6) is 0. The molecule has 2 rings (SSSR count). The van der Waals surface area contributed by atoms with E-state index in [2.05, 4.69) is 0 Å². The molecule has 1 N–H and O–H groups in total. The van der Waals surface area contributed by atoms with Crippen LogP contribution in [0.3, 0.4) is 0 Å². The van der Waals surface area contributed by atoms with Gasteiger partial charge in [-0.2, -0.15) is 0 Å². The summed E-state index contributed by atoms with van der Waals surface area (Å²) in [5.41, 5.74) is -0.314. The van der Waals surface area contributed by atoms with E-state index in [0.717, 1.165) is 0 Å². The quantitative estimate of drug-likeness (QED) is 0.807. The second kappa shape index (κ2) is 3.70. The third kappa shape index (κ3) is 1.63. The van der Waals surface area contributed by atoms with Crippen molar-refractivity contribution in [2.75, 3.05) is 13.2 Å². The topological polar surface area (TPSA) is 29.5 Å². The Labute approximate surface area is 92.4 Å². The number of ether oxygens (including phenoxy) is 1. The van der Waals surface area contributed by atoms with Crippen molar-refractivity contribution in [2.24, 2.45) is 0 Å². The van der Waals surface area contributed by atoms with E-state index in [0.29, 0.717) is 28.6 Å². The SMILES string of the molecule is OC1(c2cccc(Cl)c2Cl)CCOC1. The Bertz CT molecular complexity index is 346. The maximum Gasteiger partial charge on any atom is 0.117 e. The molecule has 1 atom stereocenters. The fourth-order valence-electron chi connectivity index (χ4n) is 1.63. The van der Waals surface area contributed by atoms with Gasteiger partial charge in [0.1, 0.15) is 5.60 Å². The summed E-state index contributed by atoms with van der Waals surface area (Å²) in [7, 11) is 0. The zero-order valence-corrected chi connectivity index (χ0v) is 8.98. The first-order valence-electron chi connectivity index (χ1n) is 4.38. The maximum absolute atomic E-state index is 10.2. The fraction of sp³-hybridized carbons (Fsp3) is 0.400. The highest BCUT2D eigenvalue weighted by Crippen LogP contribution is 2.37. The van der Waals surface area contributed by atoms with E-state index in [1.54, 1.807) is 18.2 Å². The summed E-state index contributed by atoms with van der Waals surface area (Å²) in [6.45, 7) is 0.840. The molecular weight excluding hydrogens is 223 g/mol. The lowest BCUT2D eigenvalue weighted by Crippen LogP contribution is -2.26. The van der Waals surface area contributed by atoms with Crippen LogP contribution in [0.15, 0.2) is 18.2 Å². The minimum Gasteiger partial charge on any atom is -0.383 e. The van der Waals surface area contributed by atoms with Crippen molar-refractivity contribution in [3.05, 3.63) is 33.8 Å². The molecule has 4 heteroatoms. The Morgan fingerprint density at radius 2 is 2.14 bits per heavy atom. The molecule has 1 heterocycles. The van der Waals surface area contributed by atoms with Crippen molar-refractivity contribution in [1.29, 1.82) is 0 Å². The van der Waals surface area contributed by atoms with Gasteiger partial charge < -0.3 is 9.84 Å². The summed E-state index contributed by atoms with van der Waals surface area (Å²) >= 11 is 11.9. The van der Waals surface area contributed by atoms with E-state index >= 15 is 0 Å². The monoisotopic (exact) mass is 232 g/mol. The van der Waals surface area contributed by atoms with Crippen LogP contribution in [-0.2, 0) is 10.3 Å². The number of hydrogen-bond acceptors (Lipinski definition) is 2. The van der Waals surface area contributed by atoms with E-state index in [-0.39, 0.29) is 6.61 Å². The molecule has 0 bridgehead atoms. The molecule has 1 aliphatic heterocycles. The first-order chi connectivity index (χ1) is 6.63. The first-order valence-corrected chi connectivity index (χ1v) is 5.14. The Balaban J connectivity index is 2.45. The van der Waals surface area contributed by atoms with Crippen LogP contribution in [0.5, 0.6) is 0 Å². The molecule has 2 nitrogen and oxygen atoms in total. The molecule has 1 aliphatic rings. The van der Waals surface area contributed by atoms with Crippen LogP contribution in [-0.4, -0.2) is 18.3 Å². The highest BCUT2D eigenvalue weighted by atomic mass is 35.5. The van der Waals surface area contributed by atoms with Gasteiger partial charge in [0.25, 0.3) is 0 Å². The lowest BCUT2D eigenvalue weighted by Gasteiger charge is -2.22. The Morgan fingerprint density at radius 3 is 2.79 bits per heavy atom. The average Bonchev–Trinajstić information content (AvgIpc) is 2.58. The van der Waals surface area contributed by atoms with Gasteiger partial charge in [0.15, 0.2) is 0 Å². The lowest BCUT2D eigenvalue weighted by atomic mass is 9.93. The summed E-state index contributed by atoms with van der Waals surface area (Å²) in [6.07, 6.45) is 0.563. The second-order valence-corrected chi connectivity index (χ2v) is 4.22. The van der Waals surface area contributed by atoms with Crippen molar-refractivity contribution >= 4 is 23.2 Å². The van der Waals surface area contributed by atoms with Crippen LogP contribution >= 0.6 is 23.2 Å². The van der Waals surface area contributed by atoms with Crippen molar-refractivity contribution in [3.8, 4) is 0 Å². The van der Waals surface area contributed by atoms with Crippen LogP contribution in [0.25, 0.3) is 0 Å². The molecular formula is C10H10Cl2O2. The van der Waals surface area contributed by atoms with Crippen molar-refractivity contribution in [3.63, 3.8) is 0 Å². The number of benzene rings is 1. The zero-order chi connectivity index (χ0) is 10.2. The first kappa shape index (κ1) is 10.2. The Kier molecular flexibility index (Phi) is 2.71. The molecule has 1 unspecified atom stereocenters. The van der Waals surface area contributed by atoms with Gasteiger partial charge >= 0.3 is 0 Å².